The fourth-order valence-corrected chi connectivity index (χ4v) is 1.02. The monoisotopic (exact) mass is 180 g/mol. The molecule has 74 valence electrons. The van der Waals surface area contributed by atoms with Crippen molar-refractivity contribution in [3.63, 3.8) is 0 Å². The lowest BCUT2D eigenvalue weighted by Crippen LogP contribution is -2.18. The van der Waals surface area contributed by atoms with Crippen molar-refractivity contribution in [3.8, 4) is 0 Å². The fraction of sp³-hybridized carbons (Fsp3) is 0.636. The van der Waals surface area contributed by atoms with Gasteiger partial charge in [-0.2, -0.15) is 0 Å². The highest BCUT2D eigenvalue weighted by Gasteiger charge is 1.97. The molecule has 0 amide bonds. The molecule has 0 fully saturated rings. The maximum absolute atomic E-state index is 5.82. The SMILES string of the molecule is C=C=CCC(N)CCCN=CCC. The summed E-state index contributed by atoms with van der Waals surface area (Å²) in [5.74, 6) is 0. The van der Waals surface area contributed by atoms with Crippen molar-refractivity contribution in [3.05, 3.63) is 18.4 Å². The first kappa shape index (κ1) is 12.2. The summed E-state index contributed by atoms with van der Waals surface area (Å²) in [6.45, 7) is 6.48. The second-order valence-electron chi connectivity index (χ2n) is 3.04. The quantitative estimate of drug-likeness (QED) is 0.364. The van der Waals surface area contributed by atoms with E-state index in [2.05, 4.69) is 24.2 Å². The lowest BCUT2D eigenvalue weighted by molar-refractivity contribution is 0.595. The Labute approximate surface area is 81.2 Å². The summed E-state index contributed by atoms with van der Waals surface area (Å²) in [5.41, 5.74) is 8.55. The van der Waals surface area contributed by atoms with E-state index in [0.717, 1.165) is 32.2 Å². The van der Waals surface area contributed by atoms with Crippen LogP contribution in [0.5, 0.6) is 0 Å². The van der Waals surface area contributed by atoms with E-state index in [-0.39, 0.29) is 6.04 Å². The zero-order valence-electron chi connectivity index (χ0n) is 8.50. The minimum absolute atomic E-state index is 0.242. The van der Waals surface area contributed by atoms with Crippen LogP contribution in [0.3, 0.4) is 0 Å². The lowest BCUT2D eigenvalue weighted by Gasteiger charge is -2.05. The molecule has 2 nitrogen and oxygen atoms in total. The highest BCUT2D eigenvalue weighted by molar-refractivity contribution is 5.56. The zero-order valence-corrected chi connectivity index (χ0v) is 8.50. The van der Waals surface area contributed by atoms with Crippen LogP contribution in [0.4, 0.5) is 0 Å². The molecule has 0 saturated heterocycles. The molecule has 0 bridgehead atoms. The van der Waals surface area contributed by atoms with Gasteiger partial charge in [-0.25, -0.2) is 0 Å². The van der Waals surface area contributed by atoms with Gasteiger partial charge in [0.15, 0.2) is 0 Å². The summed E-state index contributed by atoms with van der Waals surface area (Å²) >= 11 is 0. The van der Waals surface area contributed by atoms with E-state index in [0.29, 0.717) is 0 Å². The number of rotatable bonds is 7. The third-order valence-corrected chi connectivity index (χ3v) is 1.74. The van der Waals surface area contributed by atoms with Crippen LogP contribution in [0.2, 0.25) is 0 Å². The van der Waals surface area contributed by atoms with E-state index in [1.165, 1.54) is 0 Å². The van der Waals surface area contributed by atoms with Crippen molar-refractivity contribution in [2.45, 2.75) is 38.6 Å². The van der Waals surface area contributed by atoms with E-state index in [4.69, 9.17) is 5.73 Å². The van der Waals surface area contributed by atoms with Crippen molar-refractivity contribution in [2.24, 2.45) is 10.7 Å². The Hall–Kier alpha value is -0.850. The maximum Gasteiger partial charge on any atom is 0.0385 e. The predicted molar refractivity (Wildman–Crippen MR) is 59.2 cm³/mol. The number of hydrogen-bond acceptors (Lipinski definition) is 2. The van der Waals surface area contributed by atoms with Crippen molar-refractivity contribution < 1.29 is 0 Å². The van der Waals surface area contributed by atoms with Gasteiger partial charge in [0.05, 0.1) is 0 Å². The first-order valence-electron chi connectivity index (χ1n) is 4.89. The van der Waals surface area contributed by atoms with Gasteiger partial charge in [0.2, 0.25) is 0 Å². The Morgan fingerprint density at radius 2 is 2.38 bits per heavy atom. The third kappa shape index (κ3) is 9.06. The van der Waals surface area contributed by atoms with Crippen LogP contribution in [0, 0.1) is 0 Å². The molecular weight excluding hydrogens is 160 g/mol. The van der Waals surface area contributed by atoms with E-state index in [1.807, 2.05) is 12.3 Å². The number of nitrogens with zero attached hydrogens (tertiary/aromatic N) is 1. The zero-order chi connectivity index (χ0) is 9.94. The third-order valence-electron chi connectivity index (χ3n) is 1.74. The fourth-order valence-electron chi connectivity index (χ4n) is 1.02. The molecule has 0 radical (unpaired) electrons. The average Bonchev–Trinajstić information content (AvgIpc) is 2.14. The van der Waals surface area contributed by atoms with Crippen LogP contribution in [0.15, 0.2) is 23.4 Å². The molecule has 0 aromatic carbocycles. The highest BCUT2D eigenvalue weighted by Crippen LogP contribution is 1.99. The minimum Gasteiger partial charge on any atom is -0.327 e. The minimum atomic E-state index is 0.242. The molecular formula is C11H20N2. The van der Waals surface area contributed by atoms with Gasteiger partial charge in [-0.1, -0.05) is 13.5 Å². The molecule has 1 atom stereocenters. The van der Waals surface area contributed by atoms with Crippen molar-refractivity contribution in [2.75, 3.05) is 6.54 Å². The van der Waals surface area contributed by atoms with E-state index in [1.54, 1.807) is 0 Å². The second-order valence-corrected chi connectivity index (χ2v) is 3.04. The van der Waals surface area contributed by atoms with Gasteiger partial charge in [0.1, 0.15) is 0 Å². The Kier molecular flexibility index (Phi) is 8.64. The molecule has 2 N–H and O–H groups in total. The van der Waals surface area contributed by atoms with Crippen molar-refractivity contribution >= 4 is 6.21 Å². The Morgan fingerprint density at radius 3 is 3.00 bits per heavy atom. The van der Waals surface area contributed by atoms with Crippen LogP contribution in [0.25, 0.3) is 0 Å². The largest absolute Gasteiger partial charge is 0.327 e. The number of aliphatic imine (C=N–C) groups is 1. The summed E-state index contributed by atoms with van der Waals surface area (Å²) in [6.07, 6.45) is 7.84. The first-order valence-corrected chi connectivity index (χ1v) is 4.89. The molecule has 0 aliphatic heterocycles. The molecule has 0 aromatic rings. The maximum atomic E-state index is 5.82. The summed E-state index contributed by atoms with van der Waals surface area (Å²) in [4.78, 5) is 4.22. The molecule has 0 aromatic heterocycles. The summed E-state index contributed by atoms with van der Waals surface area (Å²) in [7, 11) is 0. The molecule has 0 aliphatic rings. The van der Waals surface area contributed by atoms with E-state index >= 15 is 0 Å². The Morgan fingerprint density at radius 1 is 1.62 bits per heavy atom. The standard InChI is InChI=1S/C11H20N2/c1-3-5-7-11(12)8-6-10-13-9-4-2/h5,9,11H,1,4,6-8,10,12H2,2H3. The normalized spacial score (nSPS) is 12.8. The van der Waals surface area contributed by atoms with Gasteiger partial charge in [-0.05, 0) is 38.0 Å². The van der Waals surface area contributed by atoms with Gasteiger partial charge < -0.3 is 5.73 Å². The van der Waals surface area contributed by atoms with E-state index < -0.39 is 0 Å². The summed E-state index contributed by atoms with van der Waals surface area (Å²) < 4.78 is 0. The van der Waals surface area contributed by atoms with Crippen LogP contribution in [-0.2, 0) is 0 Å². The second kappa shape index (κ2) is 9.24. The van der Waals surface area contributed by atoms with Gasteiger partial charge in [-0.15, -0.1) is 5.73 Å². The highest BCUT2D eigenvalue weighted by atomic mass is 14.7. The smallest absolute Gasteiger partial charge is 0.0385 e. The Balaban J connectivity index is 3.31. The molecule has 13 heavy (non-hydrogen) atoms. The first-order chi connectivity index (χ1) is 6.31. The van der Waals surface area contributed by atoms with Crippen molar-refractivity contribution in [1.29, 1.82) is 0 Å². The average molecular weight is 180 g/mol. The van der Waals surface area contributed by atoms with Crippen LogP contribution in [0.1, 0.15) is 32.6 Å². The molecule has 1 unspecified atom stereocenters. The number of hydrogen-bond donors (Lipinski definition) is 1. The predicted octanol–water partition coefficient (Wildman–Crippen LogP) is 2.31. The molecule has 0 rings (SSSR count). The summed E-state index contributed by atoms with van der Waals surface area (Å²) in [5, 5.41) is 0. The van der Waals surface area contributed by atoms with Crippen LogP contribution >= 0.6 is 0 Å². The number of nitrogens with two attached hydrogens (primary N) is 1. The topological polar surface area (TPSA) is 38.4 Å². The molecule has 0 spiro atoms. The van der Waals surface area contributed by atoms with Gasteiger partial charge in [-0.3, -0.25) is 4.99 Å². The van der Waals surface area contributed by atoms with Gasteiger partial charge >= 0.3 is 0 Å². The molecule has 0 heterocycles. The van der Waals surface area contributed by atoms with Crippen molar-refractivity contribution in [1.82, 2.24) is 0 Å². The summed E-state index contributed by atoms with van der Waals surface area (Å²) in [6, 6.07) is 0.242. The van der Waals surface area contributed by atoms with Gasteiger partial charge in [0.25, 0.3) is 0 Å². The van der Waals surface area contributed by atoms with Crippen LogP contribution in [-0.4, -0.2) is 18.8 Å². The van der Waals surface area contributed by atoms with Gasteiger partial charge in [0, 0.05) is 12.6 Å². The lowest BCUT2D eigenvalue weighted by atomic mass is 10.1. The Bertz CT molecular complexity index is 179. The van der Waals surface area contributed by atoms with Crippen LogP contribution < -0.4 is 5.73 Å². The van der Waals surface area contributed by atoms with E-state index in [9.17, 15) is 0 Å². The molecule has 2 heteroatoms. The molecule has 0 aliphatic carbocycles. The molecule has 0 saturated carbocycles.